The van der Waals surface area contributed by atoms with E-state index < -0.39 is 6.10 Å². The van der Waals surface area contributed by atoms with Crippen molar-refractivity contribution in [2.45, 2.75) is 32.9 Å². The van der Waals surface area contributed by atoms with Gasteiger partial charge in [0.05, 0.1) is 0 Å². The number of nitrogens with zero attached hydrogens (tertiary/aromatic N) is 1. The Labute approximate surface area is 143 Å². The summed E-state index contributed by atoms with van der Waals surface area (Å²) < 4.78 is 19.5. The highest BCUT2D eigenvalue weighted by molar-refractivity contribution is 5.31. The topological polar surface area (TPSA) is 32.7 Å². The largest absolute Gasteiger partial charge is 0.491 e. The lowest BCUT2D eigenvalue weighted by Gasteiger charge is -2.25. The summed E-state index contributed by atoms with van der Waals surface area (Å²) in [5.74, 6) is 0.581. The van der Waals surface area contributed by atoms with Gasteiger partial charge in [-0.25, -0.2) is 4.39 Å². The van der Waals surface area contributed by atoms with Crippen LogP contribution in [0.2, 0.25) is 0 Å². The van der Waals surface area contributed by atoms with E-state index in [2.05, 4.69) is 11.8 Å². The predicted molar refractivity (Wildman–Crippen MR) is 94.6 cm³/mol. The van der Waals surface area contributed by atoms with Crippen LogP contribution < -0.4 is 4.74 Å². The molecular weight excluding hydrogens is 305 g/mol. The summed E-state index contributed by atoms with van der Waals surface area (Å²) in [6.45, 7) is 6.02. The van der Waals surface area contributed by atoms with Gasteiger partial charge in [0.1, 0.15) is 24.3 Å². The summed E-state index contributed by atoms with van der Waals surface area (Å²) in [6.07, 6.45) is 0.322. The third kappa shape index (κ3) is 5.62. The highest BCUT2D eigenvalue weighted by Crippen LogP contribution is 2.16. The zero-order valence-corrected chi connectivity index (χ0v) is 14.4. The number of rotatable bonds is 9. The van der Waals surface area contributed by atoms with Gasteiger partial charge >= 0.3 is 0 Å². The van der Waals surface area contributed by atoms with Gasteiger partial charge in [-0.1, -0.05) is 43.3 Å². The lowest BCUT2D eigenvalue weighted by atomic mass is 10.2. The molecule has 2 rings (SSSR count). The quantitative estimate of drug-likeness (QED) is 0.759. The van der Waals surface area contributed by atoms with E-state index in [9.17, 15) is 9.50 Å². The van der Waals surface area contributed by atoms with Crippen LogP contribution in [0, 0.1) is 12.7 Å². The zero-order chi connectivity index (χ0) is 17.4. The molecule has 0 unspecified atom stereocenters. The minimum absolute atomic E-state index is 0.204. The fourth-order valence-electron chi connectivity index (χ4n) is 2.67. The van der Waals surface area contributed by atoms with Crippen LogP contribution in [0.4, 0.5) is 4.39 Å². The second kappa shape index (κ2) is 9.40. The van der Waals surface area contributed by atoms with Gasteiger partial charge in [-0.2, -0.15) is 0 Å². The number of hydrogen-bond donors (Lipinski definition) is 1. The maximum atomic E-state index is 13.8. The van der Waals surface area contributed by atoms with E-state index in [1.54, 1.807) is 12.1 Å². The summed E-state index contributed by atoms with van der Waals surface area (Å²) in [7, 11) is 0. The van der Waals surface area contributed by atoms with Crippen LogP contribution in [-0.2, 0) is 6.54 Å². The summed E-state index contributed by atoms with van der Waals surface area (Å²) >= 11 is 0. The molecule has 0 bridgehead atoms. The molecule has 0 radical (unpaired) electrons. The molecule has 24 heavy (non-hydrogen) atoms. The number of benzene rings is 2. The van der Waals surface area contributed by atoms with Gasteiger partial charge in [-0.15, -0.1) is 0 Å². The molecule has 0 spiro atoms. The van der Waals surface area contributed by atoms with E-state index in [1.807, 2.05) is 37.3 Å². The number of para-hydroxylation sites is 1. The Bertz CT molecular complexity index is 633. The number of hydrogen-bond acceptors (Lipinski definition) is 3. The summed E-state index contributed by atoms with van der Waals surface area (Å²) in [6, 6.07) is 14.5. The smallest absolute Gasteiger partial charge is 0.127 e. The van der Waals surface area contributed by atoms with Crippen molar-refractivity contribution in [2.75, 3.05) is 19.7 Å². The third-order valence-corrected chi connectivity index (χ3v) is 3.89. The lowest BCUT2D eigenvalue weighted by molar-refractivity contribution is 0.0650. The van der Waals surface area contributed by atoms with E-state index in [0.717, 1.165) is 24.3 Å². The standard InChI is InChI=1S/C20H26FNO2/c1-3-12-22(13-17-9-5-6-10-19(17)21)14-18(23)15-24-20-11-7-4-8-16(20)2/h4-11,18,23H,3,12-15H2,1-2H3/t18-/m0/s1. The van der Waals surface area contributed by atoms with Crippen molar-refractivity contribution in [3.8, 4) is 5.75 Å². The molecule has 0 aliphatic rings. The van der Waals surface area contributed by atoms with Crippen LogP contribution in [0.15, 0.2) is 48.5 Å². The molecule has 0 heterocycles. The minimum atomic E-state index is -0.622. The molecular formula is C20H26FNO2. The molecule has 1 atom stereocenters. The Balaban J connectivity index is 1.89. The van der Waals surface area contributed by atoms with Gasteiger partial charge in [-0.05, 0) is 37.6 Å². The first-order valence-electron chi connectivity index (χ1n) is 8.42. The van der Waals surface area contributed by atoms with E-state index in [0.29, 0.717) is 18.7 Å². The maximum absolute atomic E-state index is 13.8. The van der Waals surface area contributed by atoms with Crippen molar-refractivity contribution in [2.24, 2.45) is 0 Å². The van der Waals surface area contributed by atoms with Crippen LogP contribution in [0.5, 0.6) is 5.75 Å². The van der Waals surface area contributed by atoms with E-state index in [-0.39, 0.29) is 12.4 Å². The highest BCUT2D eigenvalue weighted by Gasteiger charge is 2.14. The van der Waals surface area contributed by atoms with E-state index >= 15 is 0 Å². The Hall–Kier alpha value is -1.91. The van der Waals surface area contributed by atoms with Gasteiger partial charge < -0.3 is 9.84 Å². The average Bonchev–Trinajstić information content (AvgIpc) is 2.56. The van der Waals surface area contributed by atoms with Gasteiger partial charge in [-0.3, -0.25) is 4.90 Å². The first-order chi connectivity index (χ1) is 11.6. The molecule has 0 aliphatic carbocycles. The molecule has 130 valence electrons. The number of halogens is 1. The summed E-state index contributed by atoms with van der Waals surface area (Å²) in [4.78, 5) is 2.06. The molecule has 4 heteroatoms. The van der Waals surface area contributed by atoms with Crippen LogP contribution in [-0.4, -0.2) is 35.8 Å². The Morgan fingerprint density at radius 1 is 1.12 bits per heavy atom. The first kappa shape index (κ1) is 18.4. The zero-order valence-electron chi connectivity index (χ0n) is 14.4. The minimum Gasteiger partial charge on any atom is -0.491 e. The molecule has 1 N–H and O–H groups in total. The molecule has 0 saturated carbocycles. The van der Waals surface area contributed by atoms with Crippen molar-refractivity contribution in [1.29, 1.82) is 0 Å². The second-order valence-corrected chi connectivity index (χ2v) is 6.06. The predicted octanol–water partition coefficient (Wildman–Crippen LogP) is 3.79. The Morgan fingerprint density at radius 2 is 1.83 bits per heavy atom. The van der Waals surface area contributed by atoms with Gasteiger partial charge in [0, 0.05) is 18.7 Å². The van der Waals surface area contributed by atoms with Crippen LogP contribution in [0.25, 0.3) is 0 Å². The number of aliphatic hydroxyl groups is 1. The normalized spacial score (nSPS) is 12.4. The van der Waals surface area contributed by atoms with Gasteiger partial charge in [0.2, 0.25) is 0 Å². The molecule has 0 fully saturated rings. The van der Waals surface area contributed by atoms with Crippen molar-refractivity contribution >= 4 is 0 Å². The molecule has 0 amide bonds. The summed E-state index contributed by atoms with van der Waals surface area (Å²) in [5.41, 5.74) is 1.69. The van der Waals surface area contributed by atoms with E-state index in [1.165, 1.54) is 6.07 Å². The summed E-state index contributed by atoms with van der Waals surface area (Å²) in [5, 5.41) is 10.3. The molecule has 0 saturated heterocycles. The van der Waals surface area contributed by atoms with E-state index in [4.69, 9.17) is 4.74 Å². The van der Waals surface area contributed by atoms with Crippen molar-refractivity contribution in [1.82, 2.24) is 4.90 Å². The third-order valence-electron chi connectivity index (χ3n) is 3.89. The Kier molecular flexibility index (Phi) is 7.22. The molecule has 3 nitrogen and oxygen atoms in total. The Morgan fingerprint density at radius 3 is 2.54 bits per heavy atom. The fourth-order valence-corrected chi connectivity index (χ4v) is 2.67. The molecule has 0 aliphatic heterocycles. The molecule has 0 aromatic heterocycles. The van der Waals surface area contributed by atoms with Crippen molar-refractivity contribution in [3.63, 3.8) is 0 Å². The lowest BCUT2D eigenvalue weighted by Crippen LogP contribution is -2.36. The van der Waals surface area contributed by atoms with Gasteiger partial charge in [0.25, 0.3) is 0 Å². The van der Waals surface area contributed by atoms with Crippen LogP contribution in [0.1, 0.15) is 24.5 Å². The second-order valence-electron chi connectivity index (χ2n) is 6.06. The SMILES string of the molecule is CCCN(Cc1ccccc1F)C[C@H](O)COc1ccccc1C. The molecule has 2 aromatic rings. The number of aliphatic hydroxyl groups excluding tert-OH is 1. The van der Waals surface area contributed by atoms with Crippen LogP contribution >= 0.6 is 0 Å². The monoisotopic (exact) mass is 331 g/mol. The van der Waals surface area contributed by atoms with Crippen molar-refractivity contribution in [3.05, 3.63) is 65.5 Å². The highest BCUT2D eigenvalue weighted by atomic mass is 19.1. The molecule has 2 aromatic carbocycles. The fraction of sp³-hybridized carbons (Fsp3) is 0.400. The number of aryl methyl sites for hydroxylation is 1. The first-order valence-corrected chi connectivity index (χ1v) is 8.42. The number of ether oxygens (including phenoxy) is 1. The van der Waals surface area contributed by atoms with Crippen molar-refractivity contribution < 1.29 is 14.2 Å². The average molecular weight is 331 g/mol. The maximum Gasteiger partial charge on any atom is 0.127 e. The van der Waals surface area contributed by atoms with Crippen LogP contribution in [0.3, 0.4) is 0 Å². The van der Waals surface area contributed by atoms with Gasteiger partial charge in [0.15, 0.2) is 0 Å².